The van der Waals surface area contributed by atoms with Gasteiger partial charge in [-0.05, 0) is 17.7 Å². The monoisotopic (exact) mass is 289 g/mol. The number of anilines is 1. The predicted octanol–water partition coefficient (Wildman–Crippen LogP) is 2.68. The first-order valence-corrected chi connectivity index (χ1v) is 5.36. The molecule has 0 fully saturated rings. The zero-order chi connectivity index (χ0) is 13.1. The van der Waals surface area contributed by atoms with E-state index in [2.05, 4.69) is 15.2 Å². The molecular formula is C12H14ClF2N3O. The Morgan fingerprint density at radius 1 is 1.32 bits per heavy atom. The molecule has 0 saturated heterocycles. The number of nitrogens with zero attached hydrogens (tertiary/aromatic N) is 2. The van der Waals surface area contributed by atoms with Crippen LogP contribution in [0.3, 0.4) is 0 Å². The van der Waals surface area contributed by atoms with Crippen LogP contribution in [0.5, 0.6) is 5.75 Å². The number of nitrogens with one attached hydrogen (secondary N) is 1. The van der Waals surface area contributed by atoms with Gasteiger partial charge in [0.2, 0.25) is 0 Å². The first-order chi connectivity index (χ1) is 8.63. The number of hydrogen-bond donors (Lipinski definition) is 1. The van der Waals surface area contributed by atoms with Crippen LogP contribution in [0.15, 0.2) is 24.5 Å². The van der Waals surface area contributed by atoms with E-state index in [4.69, 9.17) is 0 Å². The molecule has 1 aromatic heterocycles. The third-order valence-corrected chi connectivity index (χ3v) is 2.53. The number of benzene rings is 1. The maximum Gasteiger partial charge on any atom is 0.190 e. The number of halogens is 3. The van der Waals surface area contributed by atoms with E-state index in [9.17, 15) is 8.78 Å². The van der Waals surface area contributed by atoms with Crippen LogP contribution in [-0.2, 0) is 6.54 Å². The van der Waals surface area contributed by atoms with Gasteiger partial charge in [0.15, 0.2) is 17.4 Å². The van der Waals surface area contributed by atoms with Gasteiger partial charge in [-0.25, -0.2) is 8.78 Å². The topological polar surface area (TPSA) is 39.1 Å². The third kappa shape index (κ3) is 3.35. The molecule has 0 unspecified atom stereocenters. The minimum absolute atomic E-state index is 0. The Bertz CT molecular complexity index is 537. The number of aromatic nitrogens is 2. The van der Waals surface area contributed by atoms with E-state index in [0.717, 1.165) is 5.69 Å². The van der Waals surface area contributed by atoms with Crippen molar-refractivity contribution < 1.29 is 13.5 Å². The summed E-state index contributed by atoms with van der Waals surface area (Å²) in [6.45, 7) is 0.291. The van der Waals surface area contributed by atoms with Gasteiger partial charge in [-0.15, -0.1) is 12.4 Å². The first-order valence-electron chi connectivity index (χ1n) is 5.36. The van der Waals surface area contributed by atoms with Crippen molar-refractivity contribution in [1.82, 2.24) is 9.78 Å². The van der Waals surface area contributed by atoms with Crippen LogP contribution in [0, 0.1) is 11.6 Å². The lowest BCUT2D eigenvalue weighted by molar-refractivity contribution is 0.359. The zero-order valence-electron chi connectivity index (χ0n) is 10.5. The molecule has 0 radical (unpaired) electrons. The van der Waals surface area contributed by atoms with Crippen molar-refractivity contribution in [2.75, 3.05) is 19.5 Å². The van der Waals surface area contributed by atoms with Crippen LogP contribution in [0.4, 0.5) is 14.5 Å². The van der Waals surface area contributed by atoms with Crippen molar-refractivity contribution in [3.05, 3.63) is 41.7 Å². The molecule has 4 nitrogen and oxygen atoms in total. The Morgan fingerprint density at radius 2 is 1.95 bits per heavy atom. The molecule has 0 spiro atoms. The Hall–Kier alpha value is -1.82. The lowest BCUT2D eigenvalue weighted by Crippen LogP contribution is -2.02. The summed E-state index contributed by atoms with van der Waals surface area (Å²) in [7, 11) is 3.00. The molecule has 0 amide bonds. The Kier molecular flexibility index (Phi) is 5.11. The summed E-state index contributed by atoms with van der Waals surface area (Å²) in [5, 5.41) is 6.98. The van der Waals surface area contributed by atoms with Crippen molar-refractivity contribution in [2.24, 2.45) is 0 Å². The molecule has 1 aromatic carbocycles. The summed E-state index contributed by atoms with van der Waals surface area (Å²) >= 11 is 0. The fourth-order valence-electron chi connectivity index (χ4n) is 1.66. The highest BCUT2D eigenvalue weighted by atomic mass is 35.5. The third-order valence-electron chi connectivity index (χ3n) is 2.53. The summed E-state index contributed by atoms with van der Waals surface area (Å²) < 4.78 is 33.2. The highest BCUT2D eigenvalue weighted by Crippen LogP contribution is 2.23. The van der Waals surface area contributed by atoms with E-state index in [1.165, 1.54) is 19.2 Å². The molecule has 0 aliphatic heterocycles. The van der Waals surface area contributed by atoms with Gasteiger partial charge in [-0.2, -0.15) is 5.10 Å². The Morgan fingerprint density at radius 3 is 2.42 bits per heavy atom. The highest BCUT2D eigenvalue weighted by molar-refractivity contribution is 5.85. The van der Waals surface area contributed by atoms with Gasteiger partial charge < -0.3 is 10.1 Å². The number of hydrogen-bond acceptors (Lipinski definition) is 3. The Balaban J connectivity index is 0.00000180. The molecule has 19 heavy (non-hydrogen) atoms. The first kappa shape index (κ1) is 15.2. The molecule has 0 atom stereocenters. The number of ether oxygens (including phenoxy) is 1. The van der Waals surface area contributed by atoms with Gasteiger partial charge >= 0.3 is 0 Å². The zero-order valence-corrected chi connectivity index (χ0v) is 11.3. The molecule has 2 aromatic rings. The van der Waals surface area contributed by atoms with Crippen LogP contribution < -0.4 is 10.1 Å². The Labute approximate surface area is 115 Å². The fourth-order valence-corrected chi connectivity index (χ4v) is 1.66. The maximum absolute atomic E-state index is 13.5. The number of methoxy groups -OCH3 is 1. The summed E-state index contributed by atoms with van der Waals surface area (Å²) in [5.41, 5.74) is 1.32. The average Bonchev–Trinajstić information content (AvgIpc) is 2.76. The van der Waals surface area contributed by atoms with E-state index in [-0.39, 0.29) is 18.2 Å². The largest absolute Gasteiger partial charge is 0.491 e. The second-order valence-electron chi connectivity index (χ2n) is 3.77. The lowest BCUT2D eigenvalue weighted by atomic mass is 10.2. The number of rotatable bonds is 4. The maximum atomic E-state index is 13.5. The van der Waals surface area contributed by atoms with Crippen molar-refractivity contribution in [3.8, 4) is 5.75 Å². The predicted molar refractivity (Wildman–Crippen MR) is 71.0 cm³/mol. The smallest absolute Gasteiger partial charge is 0.190 e. The van der Waals surface area contributed by atoms with E-state index in [0.29, 0.717) is 12.1 Å². The summed E-state index contributed by atoms with van der Waals surface area (Å²) in [6.07, 6.45) is 3.39. The van der Waals surface area contributed by atoms with Gasteiger partial charge in [0.05, 0.1) is 25.5 Å². The van der Waals surface area contributed by atoms with Gasteiger partial charge in [0.1, 0.15) is 0 Å². The molecule has 0 aliphatic rings. The van der Waals surface area contributed by atoms with Gasteiger partial charge in [-0.1, -0.05) is 0 Å². The van der Waals surface area contributed by atoms with Crippen molar-refractivity contribution in [3.63, 3.8) is 0 Å². The molecular weight excluding hydrogens is 276 g/mol. The molecule has 1 N–H and O–H groups in total. The quantitative estimate of drug-likeness (QED) is 0.940. The summed E-state index contributed by atoms with van der Waals surface area (Å²) in [6, 6.07) is 2.48. The molecule has 2 rings (SSSR count). The van der Waals surface area contributed by atoms with Gasteiger partial charge in [0.25, 0.3) is 0 Å². The second-order valence-corrected chi connectivity index (χ2v) is 3.77. The van der Waals surface area contributed by atoms with Crippen LogP contribution in [0.25, 0.3) is 0 Å². The van der Waals surface area contributed by atoms with Crippen molar-refractivity contribution >= 4 is 18.1 Å². The molecule has 0 aliphatic carbocycles. The van der Waals surface area contributed by atoms with Crippen LogP contribution in [-0.4, -0.2) is 23.9 Å². The SMILES string of the molecule is CNc1cnn(Cc2cc(F)c(OC)c(F)c2)c1.Cl. The van der Waals surface area contributed by atoms with E-state index < -0.39 is 11.6 Å². The fraction of sp³-hybridized carbons (Fsp3) is 0.250. The molecule has 0 bridgehead atoms. The average molecular weight is 290 g/mol. The van der Waals surface area contributed by atoms with Crippen molar-refractivity contribution in [1.29, 1.82) is 0 Å². The minimum Gasteiger partial charge on any atom is -0.491 e. The van der Waals surface area contributed by atoms with Crippen LogP contribution in [0.2, 0.25) is 0 Å². The van der Waals surface area contributed by atoms with Crippen LogP contribution in [0.1, 0.15) is 5.56 Å². The highest BCUT2D eigenvalue weighted by Gasteiger charge is 2.11. The van der Waals surface area contributed by atoms with E-state index >= 15 is 0 Å². The summed E-state index contributed by atoms with van der Waals surface area (Å²) in [5.74, 6) is -1.79. The second kappa shape index (κ2) is 6.38. The van der Waals surface area contributed by atoms with E-state index in [1.54, 1.807) is 24.1 Å². The van der Waals surface area contributed by atoms with Gasteiger partial charge in [0, 0.05) is 13.2 Å². The molecule has 104 valence electrons. The molecule has 0 saturated carbocycles. The standard InChI is InChI=1S/C12H13F2N3O.ClH/c1-15-9-5-16-17(7-9)6-8-3-10(13)12(18-2)11(14)4-8;/h3-5,7,15H,6H2,1-2H3;1H. The normalized spacial score (nSPS) is 9.89. The molecule has 7 heteroatoms. The molecule has 1 heterocycles. The van der Waals surface area contributed by atoms with E-state index in [1.807, 2.05) is 0 Å². The summed E-state index contributed by atoms with van der Waals surface area (Å²) in [4.78, 5) is 0. The minimum atomic E-state index is -0.714. The van der Waals surface area contributed by atoms with Gasteiger partial charge in [-0.3, -0.25) is 4.68 Å². The van der Waals surface area contributed by atoms with Crippen molar-refractivity contribution in [2.45, 2.75) is 6.54 Å². The van der Waals surface area contributed by atoms with Crippen LogP contribution >= 0.6 is 12.4 Å². The lowest BCUT2D eigenvalue weighted by Gasteiger charge is -2.07.